The Labute approximate surface area is 125 Å². The Morgan fingerprint density at radius 1 is 0.818 bits per heavy atom. The average molecular weight is 310 g/mol. The zero-order valence-electron chi connectivity index (χ0n) is 11.8. The molecule has 2 N–H and O–H groups in total. The van der Waals surface area contributed by atoms with E-state index in [2.05, 4.69) is 9.47 Å². The van der Waals surface area contributed by atoms with Crippen LogP contribution in [-0.2, 0) is 19.1 Å². The SMILES string of the molecule is C[C@H](OC(=O)c1ccccc1C(=O)O[C@@H](C)C(=O)O)C(=O)O. The summed E-state index contributed by atoms with van der Waals surface area (Å²) >= 11 is 0. The highest BCUT2D eigenvalue weighted by Crippen LogP contribution is 2.14. The highest BCUT2D eigenvalue weighted by atomic mass is 16.6. The van der Waals surface area contributed by atoms with Gasteiger partial charge in [-0.25, -0.2) is 19.2 Å². The maximum absolute atomic E-state index is 11.9. The van der Waals surface area contributed by atoms with E-state index in [0.29, 0.717) is 0 Å². The summed E-state index contributed by atoms with van der Waals surface area (Å²) in [5, 5.41) is 17.4. The lowest BCUT2D eigenvalue weighted by Gasteiger charge is -2.13. The predicted octanol–water partition coefficient (Wildman–Crippen LogP) is 0.946. The van der Waals surface area contributed by atoms with Crippen LogP contribution in [-0.4, -0.2) is 46.3 Å². The van der Waals surface area contributed by atoms with Gasteiger partial charge < -0.3 is 19.7 Å². The van der Waals surface area contributed by atoms with Gasteiger partial charge >= 0.3 is 23.9 Å². The van der Waals surface area contributed by atoms with Gasteiger partial charge in [-0.15, -0.1) is 0 Å². The summed E-state index contributed by atoms with van der Waals surface area (Å²) in [7, 11) is 0. The molecule has 0 aliphatic heterocycles. The van der Waals surface area contributed by atoms with Gasteiger partial charge in [0, 0.05) is 0 Å². The molecule has 22 heavy (non-hydrogen) atoms. The fraction of sp³-hybridized carbons (Fsp3) is 0.286. The molecule has 8 heteroatoms. The van der Waals surface area contributed by atoms with E-state index < -0.39 is 36.1 Å². The Bertz CT molecular complexity index is 554. The lowest BCUT2D eigenvalue weighted by atomic mass is 10.1. The summed E-state index contributed by atoms with van der Waals surface area (Å²) in [5.74, 6) is -4.73. The average Bonchev–Trinajstić information content (AvgIpc) is 2.46. The van der Waals surface area contributed by atoms with Crippen LogP contribution in [0.25, 0.3) is 0 Å². The zero-order chi connectivity index (χ0) is 16.9. The van der Waals surface area contributed by atoms with Crippen LogP contribution < -0.4 is 0 Å². The smallest absolute Gasteiger partial charge is 0.344 e. The molecule has 1 aromatic rings. The first-order valence-electron chi connectivity index (χ1n) is 6.20. The van der Waals surface area contributed by atoms with Gasteiger partial charge in [-0.2, -0.15) is 0 Å². The number of hydrogen-bond acceptors (Lipinski definition) is 6. The molecule has 0 heterocycles. The lowest BCUT2D eigenvalue weighted by Crippen LogP contribution is -2.27. The number of hydrogen-bond donors (Lipinski definition) is 2. The largest absolute Gasteiger partial charge is 0.479 e. The van der Waals surface area contributed by atoms with Crippen molar-refractivity contribution in [1.29, 1.82) is 0 Å². The van der Waals surface area contributed by atoms with E-state index in [1.54, 1.807) is 0 Å². The van der Waals surface area contributed by atoms with E-state index >= 15 is 0 Å². The fourth-order valence-electron chi connectivity index (χ4n) is 1.39. The predicted molar refractivity (Wildman–Crippen MR) is 71.5 cm³/mol. The third kappa shape index (κ3) is 4.30. The molecule has 8 nitrogen and oxygen atoms in total. The molecule has 0 bridgehead atoms. The first-order chi connectivity index (χ1) is 10.2. The summed E-state index contributed by atoms with van der Waals surface area (Å²) in [5.41, 5.74) is -0.420. The van der Waals surface area contributed by atoms with Gasteiger partial charge in [-0.3, -0.25) is 0 Å². The Morgan fingerprint density at radius 2 is 1.14 bits per heavy atom. The molecule has 0 saturated heterocycles. The van der Waals surface area contributed by atoms with Crippen LogP contribution in [0.15, 0.2) is 24.3 Å². The van der Waals surface area contributed by atoms with Crippen molar-refractivity contribution in [2.24, 2.45) is 0 Å². The number of carbonyl (C=O) groups excluding carboxylic acids is 2. The minimum Gasteiger partial charge on any atom is -0.479 e. The highest BCUT2D eigenvalue weighted by Gasteiger charge is 2.25. The number of carboxylic acids is 2. The van der Waals surface area contributed by atoms with Gasteiger partial charge in [0.1, 0.15) is 0 Å². The number of ether oxygens (including phenoxy) is 2. The van der Waals surface area contributed by atoms with Crippen LogP contribution >= 0.6 is 0 Å². The van der Waals surface area contributed by atoms with Crippen molar-refractivity contribution in [3.63, 3.8) is 0 Å². The Morgan fingerprint density at radius 3 is 1.41 bits per heavy atom. The molecule has 0 amide bonds. The van der Waals surface area contributed by atoms with Gasteiger partial charge in [0.05, 0.1) is 11.1 Å². The summed E-state index contributed by atoms with van der Waals surface area (Å²) in [6.45, 7) is 2.32. The summed E-state index contributed by atoms with van der Waals surface area (Å²) < 4.78 is 9.36. The van der Waals surface area contributed by atoms with Crippen LogP contribution in [0.1, 0.15) is 34.6 Å². The molecule has 2 atom stereocenters. The molecular formula is C14H14O8. The third-order valence-electron chi connectivity index (χ3n) is 2.63. The minimum absolute atomic E-state index is 0.210. The number of esters is 2. The molecular weight excluding hydrogens is 296 g/mol. The number of aliphatic carboxylic acids is 2. The van der Waals surface area contributed by atoms with E-state index in [-0.39, 0.29) is 11.1 Å². The van der Waals surface area contributed by atoms with Crippen molar-refractivity contribution >= 4 is 23.9 Å². The van der Waals surface area contributed by atoms with Crippen molar-refractivity contribution in [3.05, 3.63) is 35.4 Å². The number of rotatable bonds is 6. The summed E-state index contributed by atoms with van der Waals surface area (Å²) in [6.07, 6.45) is -2.79. The fourth-order valence-corrected chi connectivity index (χ4v) is 1.39. The first-order valence-corrected chi connectivity index (χ1v) is 6.20. The Hall–Kier alpha value is -2.90. The standard InChI is InChI=1S/C14H14O8/c1-7(11(15)16)21-13(19)9-5-3-4-6-10(9)14(20)22-8(2)12(17)18/h3-8H,1-2H3,(H,15,16)(H,17,18)/t7-,8-/m0/s1. The maximum Gasteiger partial charge on any atom is 0.344 e. The zero-order valence-corrected chi connectivity index (χ0v) is 11.8. The van der Waals surface area contributed by atoms with Crippen molar-refractivity contribution in [3.8, 4) is 0 Å². The molecule has 0 aromatic heterocycles. The lowest BCUT2D eigenvalue weighted by molar-refractivity contribution is -0.146. The quantitative estimate of drug-likeness (QED) is 0.743. The van der Waals surface area contributed by atoms with Crippen LogP contribution in [0, 0.1) is 0 Å². The van der Waals surface area contributed by atoms with Gasteiger partial charge in [0.25, 0.3) is 0 Å². The molecule has 0 radical (unpaired) electrons. The minimum atomic E-state index is -1.39. The number of carboxylic acid groups (broad SMARTS) is 2. The second-order valence-corrected chi connectivity index (χ2v) is 4.32. The van der Waals surface area contributed by atoms with E-state index in [9.17, 15) is 19.2 Å². The highest BCUT2D eigenvalue weighted by molar-refractivity contribution is 6.04. The summed E-state index contributed by atoms with van der Waals surface area (Å²) in [4.78, 5) is 45.1. The van der Waals surface area contributed by atoms with Crippen molar-refractivity contribution < 1.29 is 38.9 Å². The van der Waals surface area contributed by atoms with Crippen molar-refractivity contribution in [2.45, 2.75) is 26.1 Å². The molecule has 0 spiro atoms. The normalized spacial score (nSPS) is 12.8. The monoisotopic (exact) mass is 310 g/mol. The Balaban J connectivity index is 2.99. The van der Waals surface area contributed by atoms with E-state index in [0.717, 1.165) is 13.8 Å². The molecule has 0 unspecified atom stereocenters. The van der Waals surface area contributed by atoms with Gasteiger partial charge in [0.2, 0.25) is 0 Å². The van der Waals surface area contributed by atoms with E-state index in [4.69, 9.17) is 10.2 Å². The van der Waals surface area contributed by atoms with Crippen molar-refractivity contribution in [2.75, 3.05) is 0 Å². The molecule has 118 valence electrons. The van der Waals surface area contributed by atoms with E-state index in [1.807, 2.05) is 0 Å². The van der Waals surface area contributed by atoms with Crippen LogP contribution in [0.2, 0.25) is 0 Å². The second kappa shape index (κ2) is 7.21. The molecule has 0 aliphatic carbocycles. The third-order valence-corrected chi connectivity index (χ3v) is 2.63. The number of carbonyl (C=O) groups is 4. The maximum atomic E-state index is 11.9. The Kier molecular flexibility index (Phi) is 5.62. The van der Waals surface area contributed by atoms with E-state index in [1.165, 1.54) is 24.3 Å². The van der Waals surface area contributed by atoms with Crippen LogP contribution in [0.4, 0.5) is 0 Å². The van der Waals surface area contributed by atoms with Gasteiger partial charge in [-0.1, -0.05) is 12.1 Å². The molecule has 0 aliphatic rings. The molecule has 1 rings (SSSR count). The molecule has 0 fully saturated rings. The van der Waals surface area contributed by atoms with Crippen LogP contribution in [0.5, 0.6) is 0 Å². The molecule has 1 aromatic carbocycles. The summed E-state index contributed by atoms with van der Waals surface area (Å²) in [6, 6.07) is 5.39. The van der Waals surface area contributed by atoms with Crippen molar-refractivity contribution in [1.82, 2.24) is 0 Å². The topological polar surface area (TPSA) is 127 Å². The molecule has 0 saturated carbocycles. The van der Waals surface area contributed by atoms with Gasteiger partial charge in [0.15, 0.2) is 12.2 Å². The van der Waals surface area contributed by atoms with Crippen LogP contribution in [0.3, 0.4) is 0 Å². The second-order valence-electron chi connectivity index (χ2n) is 4.32. The first kappa shape index (κ1) is 17.2. The number of benzene rings is 1. The van der Waals surface area contributed by atoms with Gasteiger partial charge in [-0.05, 0) is 26.0 Å².